The van der Waals surface area contributed by atoms with E-state index in [1.807, 2.05) is 6.92 Å². The number of anilines is 1. The molecule has 13 heavy (non-hydrogen) atoms. The summed E-state index contributed by atoms with van der Waals surface area (Å²) < 4.78 is 0. The summed E-state index contributed by atoms with van der Waals surface area (Å²) in [6.45, 7) is 2.52. The van der Waals surface area contributed by atoms with E-state index in [0.29, 0.717) is 12.4 Å². The first-order valence-electron chi connectivity index (χ1n) is 3.65. The molecular weight excluding hydrogens is 194 g/mol. The summed E-state index contributed by atoms with van der Waals surface area (Å²) in [6.07, 6.45) is 0. The van der Waals surface area contributed by atoms with Gasteiger partial charge in [0.05, 0.1) is 0 Å². The van der Waals surface area contributed by atoms with Gasteiger partial charge >= 0.3 is 5.97 Å². The Morgan fingerprint density at radius 1 is 1.69 bits per heavy atom. The second-order valence-corrected chi connectivity index (χ2v) is 2.63. The van der Waals surface area contributed by atoms with Crippen LogP contribution in [0.1, 0.15) is 17.3 Å². The van der Waals surface area contributed by atoms with Crippen molar-refractivity contribution in [2.24, 2.45) is 0 Å². The molecule has 1 heterocycles. The van der Waals surface area contributed by atoms with Crippen LogP contribution in [0.5, 0.6) is 0 Å². The zero-order valence-electron chi connectivity index (χ0n) is 6.91. The smallest absolute Gasteiger partial charge is 0.339 e. The maximum atomic E-state index is 10.6. The number of aromatic nitrogens is 2. The van der Waals surface area contributed by atoms with Crippen molar-refractivity contribution < 1.29 is 9.90 Å². The zero-order valence-corrected chi connectivity index (χ0v) is 7.67. The number of carboxylic acids is 1. The average molecular weight is 202 g/mol. The van der Waals surface area contributed by atoms with Crippen LogP contribution in [0.2, 0.25) is 5.15 Å². The van der Waals surface area contributed by atoms with Gasteiger partial charge in [0.25, 0.3) is 0 Å². The van der Waals surface area contributed by atoms with Crippen molar-refractivity contribution in [2.45, 2.75) is 6.92 Å². The predicted octanol–water partition coefficient (Wildman–Crippen LogP) is 1.26. The molecule has 0 saturated heterocycles. The second kappa shape index (κ2) is 4.04. The number of rotatable bonds is 3. The van der Waals surface area contributed by atoms with Gasteiger partial charge in [-0.15, -0.1) is 10.2 Å². The van der Waals surface area contributed by atoms with Gasteiger partial charge in [-0.2, -0.15) is 0 Å². The maximum Gasteiger partial charge on any atom is 0.339 e. The fourth-order valence-electron chi connectivity index (χ4n) is 0.794. The number of nitrogens with one attached hydrogen (secondary N) is 1. The highest BCUT2D eigenvalue weighted by Gasteiger charge is 2.11. The molecule has 6 heteroatoms. The van der Waals surface area contributed by atoms with Gasteiger partial charge < -0.3 is 10.4 Å². The van der Waals surface area contributed by atoms with E-state index in [0.717, 1.165) is 0 Å². The highest BCUT2D eigenvalue weighted by molar-refractivity contribution is 6.32. The van der Waals surface area contributed by atoms with E-state index in [4.69, 9.17) is 16.7 Å². The van der Waals surface area contributed by atoms with E-state index in [-0.39, 0.29) is 10.7 Å². The molecule has 2 N–H and O–H groups in total. The monoisotopic (exact) mass is 201 g/mol. The molecule has 70 valence electrons. The molecule has 0 spiro atoms. The molecule has 0 atom stereocenters. The van der Waals surface area contributed by atoms with Crippen molar-refractivity contribution in [1.29, 1.82) is 0 Å². The van der Waals surface area contributed by atoms with Crippen molar-refractivity contribution in [3.8, 4) is 0 Å². The quantitative estimate of drug-likeness (QED) is 0.770. The molecule has 0 unspecified atom stereocenters. The van der Waals surface area contributed by atoms with Crippen LogP contribution in [0.25, 0.3) is 0 Å². The lowest BCUT2D eigenvalue weighted by Gasteiger charge is -2.02. The molecule has 0 aliphatic heterocycles. The first-order chi connectivity index (χ1) is 6.15. The van der Waals surface area contributed by atoms with Crippen molar-refractivity contribution in [3.63, 3.8) is 0 Å². The third-order valence-electron chi connectivity index (χ3n) is 1.34. The zero-order chi connectivity index (χ0) is 9.84. The molecule has 0 aliphatic carbocycles. The summed E-state index contributed by atoms with van der Waals surface area (Å²) in [5.74, 6) is -0.705. The largest absolute Gasteiger partial charge is 0.478 e. The van der Waals surface area contributed by atoms with Gasteiger partial charge in [0, 0.05) is 12.6 Å². The van der Waals surface area contributed by atoms with Crippen molar-refractivity contribution in [1.82, 2.24) is 10.2 Å². The Hall–Kier alpha value is -1.36. The normalized spacial score (nSPS) is 9.69. The van der Waals surface area contributed by atoms with Gasteiger partial charge in [0.2, 0.25) is 0 Å². The Morgan fingerprint density at radius 2 is 2.38 bits per heavy atom. The first kappa shape index (κ1) is 9.73. The van der Waals surface area contributed by atoms with Crippen molar-refractivity contribution >= 4 is 23.4 Å². The van der Waals surface area contributed by atoms with E-state index >= 15 is 0 Å². The highest BCUT2D eigenvalue weighted by Crippen LogP contribution is 2.14. The summed E-state index contributed by atoms with van der Waals surface area (Å²) in [7, 11) is 0. The van der Waals surface area contributed by atoms with Gasteiger partial charge in [-0.1, -0.05) is 11.6 Å². The molecule has 1 aromatic heterocycles. The van der Waals surface area contributed by atoms with Gasteiger partial charge in [-0.3, -0.25) is 0 Å². The van der Waals surface area contributed by atoms with Crippen LogP contribution >= 0.6 is 11.6 Å². The molecule has 0 aliphatic rings. The molecule has 0 radical (unpaired) electrons. The highest BCUT2D eigenvalue weighted by atomic mass is 35.5. The number of hydrogen-bond acceptors (Lipinski definition) is 4. The Kier molecular flexibility index (Phi) is 3.02. The third kappa shape index (κ3) is 2.29. The number of carboxylic acid groups (broad SMARTS) is 1. The lowest BCUT2D eigenvalue weighted by Crippen LogP contribution is -2.05. The number of hydrogen-bond donors (Lipinski definition) is 2. The SMILES string of the molecule is CCNc1cc(C(=O)O)c(Cl)nn1. The topological polar surface area (TPSA) is 75.1 Å². The van der Waals surface area contributed by atoms with E-state index in [9.17, 15) is 4.79 Å². The minimum atomic E-state index is -1.11. The molecule has 0 saturated carbocycles. The predicted molar refractivity (Wildman–Crippen MR) is 48.2 cm³/mol. The summed E-state index contributed by atoms with van der Waals surface area (Å²) in [5, 5.41) is 18.6. The fraction of sp³-hybridized carbons (Fsp3) is 0.286. The standard InChI is InChI=1S/C7H8ClN3O2/c1-2-9-5-3-4(7(12)13)6(8)11-10-5/h3H,2H2,1H3,(H,9,10)(H,12,13). The van der Waals surface area contributed by atoms with Gasteiger partial charge in [0.1, 0.15) is 11.4 Å². The van der Waals surface area contributed by atoms with Gasteiger partial charge in [-0.05, 0) is 6.92 Å². The van der Waals surface area contributed by atoms with Crippen LogP contribution in [-0.4, -0.2) is 27.8 Å². The fourth-order valence-corrected chi connectivity index (χ4v) is 0.967. The molecular formula is C7H8ClN3O2. The Labute approximate surface area is 79.7 Å². The average Bonchev–Trinajstić information content (AvgIpc) is 2.08. The summed E-state index contributed by atoms with van der Waals surface area (Å²) in [6, 6.07) is 1.35. The summed E-state index contributed by atoms with van der Waals surface area (Å²) in [4.78, 5) is 10.6. The Bertz CT molecular complexity index is 330. The van der Waals surface area contributed by atoms with Crippen LogP contribution < -0.4 is 5.32 Å². The van der Waals surface area contributed by atoms with Crippen molar-refractivity contribution in [2.75, 3.05) is 11.9 Å². The Morgan fingerprint density at radius 3 is 2.92 bits per heavy atom. The molecule has 0 fully saturated rings. The number of nitrogens with zero attached hydrogens (tertiary/aromatic N) is 2. The molecule has 0 bridgehead atoms. The summed E-state index contributed by atoms with van der Waals surface area (Å²) >= 11 is 5.51. The molecule has 0 aromatic carbocycles. The van der Waals surface area contributed by atoms with E-state index in [1.165, 1.54) is 6.07 Å². The lowest BCUT2D eigenvalue weighted by molar-refractivity contribution is 0.0696. The van der Waals surface area contributed by atoms with Crippen LogP contribution in [-0.2, 0) is 0 Å². The van der Waals surface area contributed by atoms with Crippen LogP contribution in [0.3, 0.4) is 0 Å². The van der Waals surface area contributed by atoms with E-state index in [2.05, 4.69) is 15.5 Å². The molecule has 5 nitrogen and oxygen atoms in total. The molecule has 1 rings (SSSR count). The van der Waals surface area contributed by atoms with Gasteiger partial charge in [0.15, 0.2) is 5.15 Å². The van der Waals surface area contributed by atoms with Crippen LogP contribution in [0.15, 0.2) is 6.07 Å². The Balaban J connectivity index is 3.04. The first-order valence-corrected chi connectivity index (χ1v) is 4.03. The number of aromatic carboxylic acids is 1. The minimum Gasteiger partial charge on any atom is -0.478 e. The van der Waals surface area contributed by atoms with E-state index in [1.54, 1.807) is 0 Å². The van der Waals surface area contributed by atoms with E-state index < -0.39 is 5.97 Å². The van der Waals surface area contributed by atoms with Crippen LogP contribution in [0.4, 0.5) is 5.82 Å². The third-order valence-corrected chi connectivity index (χ3v) is 1.62. The summed E-state index contributed by atoms with van der Waals surface area (Å²) in [5.41, 5.74) is -0.0485. The lowest BCUT2D eigenvalue weighted by atomic mass is 10.3. The minimum absolute atomic E-state index is 0.0485. The van der Waals surface area contributed by atoms with Gasteiger partial charge in [-0.25, -0.2) is 4.79 Å². The molecule has 1 aromatic rings. The number of halogens is 1. The maximum absolute atomic E-state index is 10.6. The number of carbonyl (C=O) groups is 1. The van der Waals surface area contributed by atoms with Crippen LogP contribution in [0, 0.1) is 0 Å². The second-order valence-electron chi connectivity index (χ2n) is 2.27. The molecule has 0 amide bonds. The van der Waals surface area contributed by atoms with Crippen molar-refractivity contribution in [3.05, 3.63) is 16.8 Å².